The van der Waals surface area contributed by atoms with Gasteiger partial charge in [-0.3, -0.25) is 9.59 Å². The number of carbonyl (C=O) groups excluding carboxylic acids is 2. The summed E-state index contributed by atoms with van der Waals surface area (Å²) in [6.07, 6.45) is 6.49. The van der Waals surface area contributed by atoms with Crippen LogP contribution in [-0.4, -0.2) is 45.6 Å². The minimum absolute atomic E-state index is 0.0289. The normalized spacial score (nSPS) is 13.0. The van der Waals surface area contributed by atoms with Crippen LogP contribution in [0.3, 0.4) is 0 Å². The van der Waals surface area contributed by atoms with E-state index in [0.29, 0.717) is 5.82 Å². The van der Waals surface area contributed by atoms with Gasteiger partial charge in [0.1, 0.15) is 10.8 Å². The summed E-state index contributed by atoms with van der Waals surface area (Å²) < 4.78 is 1.99. The minimum atomic E-state index is -0.264. The van der Waals surface area contributed by atoms with Crippen LogP contribution >= 0.6 is 23.1 Å². The lowest BCUT2D eigenvalue weighted by molar-refractivity contribution is -0.116. The number of aryl methyl sites for hydroxylation is 1. The predicted octanol–water partition coefficient (Wildman–Crippen LogP) is 3.74. The number of anilines is 1. The average Bonchev–Trinajstić information content (AvgIpc) is 3.36. The van der Waals surface area contributed by atoms with Gasteiger partial charge in [0.2, 0.25) is 5.91 Å². The van der Waals surface area contributed by atoms with Crippen molar-refractivity contribution in [3.63, 3.8) is 0 Å². The fourth-order valence-electron chi connectivity index (χ4n) is 3.29. The van der Waals surface area contributed by atoms with E-state index in [9.17, 15) is 9.59 Å². The molecule has 0 unspecified atom stereocenters. The van der Waals surface area contributed by atoms with Crippen molar-refractivity contribution in [1.82, 2.24) is 14.5 Å². The second-order valence-electron chi connectivity index (χ2n) is 7.01. The number of carbonyl (C=O) groups is 2. The number of nitrogens with one attached hydrogen (secondary N) is 1. The Balaban J connectivity index is 1.55. The zero-order chi connectivity index (χ0) is 20.4. The second kappa shape index (κ2) is 8.42. The number of pyridine rings is 1. The van der Waals surface area contributed by atoms with Crippen LogP contribution in [0, 0.1) is 6.92 Å². The summed E-state index contributed by atoms with van der Waals surface area (Å²) in [5.74, 6) is 2.05. The van der Waals surface area contributed by atoms with Gasteiger partial charge < -0.3 is 14.8 Å². The van der Waals surface area contributed by atoms with Gasteiger partial charge in [0.05, 0.1) is 12.1 Å². The number of hydrogen-bond acceptors (Lipinski definition) is 5. The van der Waals surface area contributed by atoms with Gasteiger partial charge in [-0.1, -0.05) is 6.07 Å². The SMILES string of the molecule is Cc1ccc(NC(=O)CN(C)C(=O)c2c(-n3cccc3)sc3c2CCSC3)nc1. The van der Waals surface area contributed by atoms with Crippen LogP contribution in [0.4, 0.5) is 5.82 Å². The van der Waals surface area contributed by atoms with Crippen LogP contribution in [0.15, 0.2) is 42.9 Å². The molecular formula is C21H22N4O2S2. The summed E-state index contributed by atoms with van der Waals surface area (Å²) >= 11 is 3.57. The highest BCUT2D eigenvalue weighted by Crippen LogP contribution is 2.38. The second-order valence-corrected chi connectivity index (χ2v) is 9.20. The lowest BCUT2D eigenvalue weighted by Crippen LogP contribution is -2.35. The molecule has 150 valence electrons. The van der Waals surface area contributed by atoms with Gasteiger partial charge in [0, 0.05) is 36.3 Å². The third-order valence-electron chi connectivity index (χ3n) is 4.76. The van der Waals surface area contributed by atoms with Crippen molar-refractivity contribution in [2.24, 2.45) is 0 Å². The molecule has 0 bridgehead atoms. The van der Waals surface area contributed by atoms with Crippen LogP contribution in [-0.2, 0) is 17.0 Å². The minimum Gasteiger partial charge on any atom is -0.332 e. The maximum Gasteiger partial charge on any atom is 0.257 e. The third-order valence-corrected chi connectivity index (χ3v) is 7.17. The Kier molecular flexibility index (Phi) is 5.73. The zero-order valence-electron chi connectivity index (χ0n) is 16.3. The molecule has 2 amide bonds. The molecule has 4 heterocycles. The maximum atomic E-state index is 13.3. The van der Waals surface area contributed by atoms with Crippen molar-refractivity contribution in [2.45, 2.75) is 19.1 Å². The third kappa shape index (κ3) is 4.23. The summed E-state index contributed by atoms with van der Waals surface area (Å²) in [7, 11) is 1.67. The molecule has 3 aromatic rings. The van der Waals surface area contributed by atoms with Crippen molar-refractivity contribution in [2.75, 3.05) is 24.7 Å². The predicted molar refractivity (Wildman–Crippen MR) is 118 cm³/mol. The molecule has 29 heavy (non-hydrogen) atoms. The number of thioether (sulfide) groups is 1. The van der Waals surface area contributed by atoms with Crippen molar-refractivity contribution in [3.05, 3.63) is 64.4 Å². The quantitative estimate of drug-likeness (QED) is 0.675. The van der Waals surface area contributed by atoms with Gasteiger partial charge in [0.15, 0.2) is 0 Å². The van der Waals surface area contributed by atoms with Crippen LogP contribution in [0.5, 0.6) is 0 Å². The molecule has 6 nitrogen and oxygen atoms in total. The Morgan fingerprint density at radius 2 is 2.07 bits per heavy atom. The molecule has 0 radical (unpaired) electrons. The molecular weight excluding hydrogens is 404 g/mol. The van der Waals surface area contributed by atoms with Crippen molar-refractivity contribution >= 4 is 40.7 Å². The van der Waals surface area contributed by atoms with E-state index in [2.05, 4.69) is 10.3 Å². The van der Waals surface area contributed by atoms with Gasteiger partial charge >= 0.3 is 0 Å². The number of aromatic nitrogens is 2. The molecule has 0 aliphatic carbocycles. The van der Waals surface area contributed by atoms with Crippen molar-refractivity contribution in [3.8, 4) is 5.00 Å². The number of nitrogens with zero attached hydrogens (tertiary/aromatic N) is 3. The number of likely N-dealkylation sites (N-methyl/N-ethyl adjacent to an activating group) is 1. The number of rotatable bonds is 5. The molecule has 0 saturated carbocycles. The number of hydrogen-bond donors (Lipinski definition) is 1. The standard InChI is InChI=1S/C21H22N4O2S2/c1-14-5-6-17(22-11-14)23-18(26)12-24(2)20(27)19-15-7-10-28-13-16(15)29-21(19)25-8-3-4-9-25/h3-6,8-9,11H,7,10,12-13H2,1-2H3,(H,22,23,26). The largest absolute Gasteiger partial charge is 0.332 e. The highest BCUT2D eigenvalue weighted by molar-refractivity contribution is 7.98. The number of amides is 2. The first-order valence-electron chi connectivity index (χ1n) is 9.36. The maximum absolute atomic E-state index is 13.3. The Morgan fingerprint density at radius 3 is 2.79 bits per heavy atom. The van der Waals surface area contributed by atoms with Gasteiger partial charge in [0.25, 0.3) is 5.91 Å². The van der Waals surface area contributed by atoms with E-state index in [4.69, 9.17) is 0 Å². The molecule has 4 rings (SSSR count). The summed E-state index contributed by atoms with van der Waals surface area (Å²) in [4.78, 5) is 32.7. The topological polar surface area (TPSA) is 67.2 Å². The fraction of sp³-hybridized carbons (Fsp3) is 0.286. The van der Waals surface area contributed by atoms with E-state index in [1.54, 1.807) is 30.6 Å². The van der Waals surface area contributed by atoms with Gasteiger partial charge in [-0.15, -0.1) is 11.3 Å². The first-order valence-corrected chi connectivity index (χ1v) is 11.3. The Hall–Kier alpha value is -2.58. The zero-order valence-corrected chi connectivity index (χ0v) is 18.0. The van der Waals surface area contributed by atoms with E-state index in [1.807, 2.05) is 53.8 Å². The van der Waals surface area contributed by atoms with E-state index in [1.165, 1.54) is 9.78 Å². The number of fused-ring (bicyclic) bond motifs is 1. The molecule has 0 spiro atoms. The summed E-state index contributed by atoms with van der Waals surface area (Å²) in [6, 6.07) is 7.55. The van der Waals surface area contributed by atoms with Gasteiger partial charge in [-0.25, -0.2) is 4.98 Å². The average molecular weight is 427 g/mol. The summed E-state index contributed by atoms with van der Waals surface area (Å²) in [5, 5.41) is 3.69. The lowest BCUT2D eigenvalue weighted by Gasteiger charge is -2.19. The van der Waals surface area contributed by atoms with E-state index < -0.39 is 0 Å². The molecule has 0 saturated heterocycles. The first kappa shape index (κ1) is 19.7. The van der Waals surface area contributed by atoms with E-state index in [0.717, 1.165) is 39.6 Å². The number of thiophene rings is 1. The monoisotopic (exact) mass is 426 g/mol. The molecule has 1 N–H and O–H groups in total. The lowest BCUT2D eigenvalue weighted by atomic mass is 10.1. The van der Waals surface area contributed by atoms with Gasteiger partial charge in [-0.2, -0.15) is 11.8 Å². The molecule has 1 aliphatic rings. The van der Waals surface area contributed by atoms with E-state index in [-0.39, 0.29) is 18.4 Å². The molecule has 1 aliphatic heterocycles. The molecule has 0 fully saturated rings. The van der Waals surface area contributed by atoms with Crippen LogP contribution in [0.2, 0.25) is 0 Å². The van der Waals surface area contributed by atoms with Crippen LogP contribution < -0.4 is 5.32 Å². The Bertz CT molecular complexity index is 1030. The molecule has 0 atom stereocenters. The Labute approximate surface area is 177 Å². The van der Waals surface area contributed by atoms with Crippen LogP contribution in [0.25, 0.3) is 5.00 Å². The molecule has 0 aromatic carbocycles. The summed E-state index contributed by atoms with van der Waals surface area (Å²) in [6.45, 7) is 1.91. The fourth-order valence-corrected chi connectivity index (χ4v) is 5.73. The Morgan fingerprint density at radius 1 is 1.28 bits per heavy atom. The van der Waals surface area contributed by atoms with E-state index >= 15 is 0 Å². The highest BCUT2D eigenvalue weighted by atomic mass is 32.2. The molecule has 3 aromatic heterocycles. The smallest absolute Gasteiger partial charge is 0.257 e. The van der Waals surface area contributed by atoms with Crippen molar-refractivity contribution in [1.29, 1.82) is 0 Å². The first-order chi connectivity index (χ1) is 14.0. The van der Waals surface area contributed by atoms with Crippen LogP contribution in [0.1, 0.15) is 26.4 Å². The summed E-state index contributed by atoms with van der Waals surface area (Å²) in [5.41, 5.74) is 2.88. The highest BCUT2D eigenvalue weighted by Gasteiger charge is 2.28. The molecule has 8 heteroatoms. The van der Waals surface area contributed by atoms with Gasteiger partial charge in [-0.05, 0) is 48.4 Å². The van der Waals surface area contributed by atoms with Crippen molar-refractivity contribution < 1.29 is 9.59 Å².